The predicted molar refractivity (Wildman–Crippen MR) is 101 cm³/mol. The summed E-state index contributed by atoms with van der Waals surface area (Å²) in [5.41, 5.74) is 0.267. The van der Waals surface area contributed by atoms with Crippen molar-refractivity contribution in [3.8, 4) is 0 Å². The van der Waals surface area contributed by atoms with E-state index in [1.54, 1.807) is 19.2 Å². The molecule has 0 saturated heterocycles. The van der Waals surface area contributed by atoms with Gasteiger partial charge in [-0.05, 0) is 35.0 Å². The fourth-order valence-electron chi connectivity index (χ4n) is 2.52. The van der Waals surface area contributed by atoms with Gasteiger partial charge in [0.05, 0.1) is 16.7 Å². The second-order valence-corrected chi connectivity index (χ2v) is 7.09. The Kier molecular flexibility index (Phi) is 6.09. The van der Waals surface area contributed by atoms with Crippen molar-refractivity contribution in [3.05, 3.63) is 62.7 Å². The Morgan fingerprint density at radius 3 is 2.71 bits per heavy atom. The molecule has 0 radical (unpaired) electrons. The number of amides is 1. The molecule has 3 aromatic rings. The maximum atomic E-state index is 13.9. The average molecular weight is 477 g/mol. The van der Waals surface area contributed by atoms with Crippen molar-refractivity contribution in [1.29, 1.82) is 0 Å². The van der Waals surface area contributed by atoms with Gasteiger partial charge in [-0.15, -0.1) is 0 Å². The molecule has 0 unspecified atom stereocenters. The van der Waals surface area contributed by atoms with Crippen LogP contribution in [0.1, 0.15) is 23.4 Å². The number of nitrogens with zero attached hydrogens (tertiary/aromatic N) is 4. The molecule has 2 heterocycles. The van der Waals surface area contributed by atoms with E-state index in [2.05, 4.69) is 31.4 Å². The van der Waals surface area contributed by atoms with Crippen molar-refractivity contribution < 1.29 is 18.0 Å². The third-order valence-electron chi connectivity index (χ3n) is 3.95. The molecule has 6 nitrogen and oxygen atoms in total. The Hall–Kier alpha value is -2.33. The zero-order valence-corrected chi connectivity index (χ0v) is 16.8. The summed E-state index contributed by atoms with van der Waals surface area (Å²) < 4.78 is 42.4. The van der Waals surface area contributed by atoms with Crippen LogP contribution in [0.3, 0.4) is 0 Å². The highest BCUT2D eigenvalue weighted by Crippen LogP contribution is 2.29. The normalized spacial score (nSPS) is 11.2. The van der Waals surface area contributed by atoms with E-state index in [4.69, 9.17) is 11.6 Å². The number of hydrogen-bond acceptors (Lipinski definition) is 3. The summed E-state index contributed by atoms with van der Waals surface area (Å²) in [5.74, 6) is -0.716. The van der Waals surface area contributed by atoms with Gasteiger partial charge in [-0.25, -0.2) is 13.2 Å². The first kappa shape index (κ1) is 20.4. The molecule has 148 valence electrons. The number of benzene rings is 1. The monoisotopic (exact) mass is 475 g/mol. The Labute approximate surface area is 171 Å². The molecule has 0 bridgehead atoms. The SMILES string of the molecule is Cc1c(Br)c(C(F)F)nn1CC(=O)Nc1ccn(Cc2c(F)cccc2Cl)n1. The third kappa shape index (κ3) is 4.39. The standard InChI is InChI=1S/C17H14BrClF3N5O/c1-9-15(18)16(17(21)22)25-27(9)8-14(28)23-13-5-6-26(24-13)7-10-11(19)3-2-4-12(10)20/h2-6,17H,7-8H2,1H3,(H,23,24,28). The zero-order valence-electron chi connectivity index (χ0n) is 14.5. The van der Waals surface area contributed by atoms with Crippen molar-refractivity contribution >= 4 is 39.3 Å². The largest absolute Gasteiger partial charge is 0.308 e. The molecule has 1 aromatic carbocycles. The highest BCUT2D eigenvalue weighted by Gasteiger charge is 2.21. The van der Waals surface area contributed by atoms with Gasteiger partial charge in [0.15, 0.2) is 5.82 Å². The summed E-state index contributed by atoms with van der Waals surface area (Å²) in [6.45, 7) is 1.40. The molecule has 2 aromatic heterocycles. The van der Waals surface area contributed by atoms with Crippen molar-refractivity contribution in [2.24, 2.45) is 0 Å². The lowest BCUT2D eigenvalue weighted by molar-refractivity contribution is -0.117. The van der Waals surface area contributed by atoms with Gasteiger partial charge in [0.1, 0.15) is 18.1 Å². The number of hydrogen-bond donors (Lipinski definition) is 1. The molecule has 0 aliphatic carbocycles. The van der Waals surface area contributed by atoms with Crippen LogP contribution in [-0.2, 0) is 17.9 Å². The van der Waals surface area contributed by atoms with E-state index in [-0.39, 0.29) is 34.0 Å². The molecule has 3 rings (SSSR count). The lowest BCUT2D eigenvalue weighted by atomic mass is 10.2. The Morgan fingerprint density at radius 1 is 1.32 bits per heavy atom. The fourth-order valence-corrected chi connectivity index (χ4v) is 3.20. The maximum absolute atomic E-state index is 13.9. The average Bonchev–Trinajstić information content (AvgIpc) is 3.17. The summed E-state index contributed by atoms with van der Waals surface area (Å²) >= 11 is 9.05. The molecule has 0 spiro atoms. The Balaban J connectivity index is 1.67. The molecule has 0 aliphatic rings. The second kappa shape index (κ2) is 8.36. The Bertz CT molecular complexity index is 1000. The van der Waals surface area contributed by atoms with E-state index in [9.17, 15) is 18.0 Å². The van der Waals surface area contributed by atoms with Crippen LogP contribution < -0.4 is 5.32 Å². The summed E-state index contributed by atoms with van der Waals surface area (Å²) in [6, 6.07) is 5.91. The maximum Gasteiger partial charge on any atom is 0.283 e. The Morgan fingerprint density at radius 2 is 2.07 bits per heavy atom. The number of anilines is 1. The molecular formula is C17H14BrClF3N5O. The highest BCUT2D eigenvalue weighted by molar-refractivity contribution is 9.10. The van der Waals surface area contributed by atoms with Crippen molar-refractivity contribution in [2.45, 2.75) is 26.4 Å². The number of alkyl halides is 2. The van der Waals surface area contributed by atoms with E-state index >= 15 is 0 Å². The van der Waals surface area contributed by atoms with Crippen LogP contribution in [0, 0.1) is 12.7 Å². The van der Waals surface area contributed by atoms with Gasteiger partial charge in [-0.1, -0.05) is 17.7 Å². The van der Waals surface area contributed by atoms with Crippen LogP contribution in [0.15, 0.2) is 34.9 Å². The van der Waals surface area contributed by atoms with Gasteiger partial charge >= 0.3 is 0 Å². The van der Waals surface area contributed by atoms with Crippen LogP contribution in [-0.4, -0.2) is 25.5 Å². The molecule has 0 fully saturated rings. The zero-order chi connectivity index (χ0) is 20.4. The molecule has 1 N–H and O–H groups in total. The van der Waals surface area contributed by atoms with Crippen LogP contribution in [0.25, 0.3) is 0 Å². The molecule has 1 amide bonds. The van der Waals surface area contributed by atoms with Crippen molar-refractivity contribution in [2.75, 3.05) is 5.32 Å². The second-order valence-electron chi connectivity index (χ2n) is 5.89. The first-order valence-corrected chi connectivity index (χ1v) is 9.20. The van der Waals surface area contributed by atoms with Crippen molar-refractivity contribution in [1.82, 2.24) is 19.6 Å². The summed E-state index contributed by atoms with van der Waals surface area (Å²) in [6.07, 6.45) is -1.19. The first-order chi connectivity index (χ1) is 13.3. The molecule has 28 heavy (non-hydrogen) atoms. The summed E-state index contributed by atoms with van der Waals surface area (Å²) in [7, 11) is 0. The fraction of sp³-hybridized carbons (Fsp3) is 0.235. The number of aromatic nitrogens is 4. The topological polar surface area (TPSA) is 64.7 Å². The van der Waals surface area contributed by atoms with Gasteiger partial charge in [0.2, 0.25) is 5.91 Å². The van der Waals surface area contributed by atoms with Crippen molar-refractivity contribution in [3.63, 3.8) is 0 Å². The van der Waals surface area contributed by atoms with E-state index in [1.165, 1.54) is 27.6 Å². The van der Waals surface area contributed by atoms with Gasteiger partial charge < -0.3 is 5.32 Å². The molecular weight excluding hydrogens is 463 g/mol. The molecule has 0 saturated carbocycles. The minimum atomic E-state index is -2.75. The first-order valence-electron chi connectivity index (χ1n) is 8.03. The van der Waals surface area contributed by atoms with E-state index in [1.807, 2.05) is 0 Å². The molecule has 0 aliphatic heterocycles. The van der Waals surface area contributed by atoms with E-state index in [0.29, 0.717) is 5.69 Å². The lowest BCUT2D eigenvalue weighted by Crippen LogP contribution is -2.20. The number of halogens is 5. The van der Waals surface area contributed by atoms with Gasteiger partial charge in [-0.2, -0.15) is 10.2 Å². The van der Waals surface area contributed by atoms with E-state index in [0.717, 1.165) is 0 Å². The summed E-state index contributed by atoms with van der Waals surface area (Å²) in [5, 5.41) is 10.7. The van der Waals surface area contributed by atoms with Crippen LogP contribution in [0.4, 0.5) is 19.0 Å². The quantitative estimate of drug-likeness (QED) is 0.567. The number of nitrogens with one attached hydrogen (secondary N) is 1. The highest BCUT2D eigenvalue weighted by atomic mass is 79.9. The molecule has 11 heteroatoms. The number of carbonyl (C=O) groups is 1. The minimum Gasteiger partial charge on any atom is -0.308 e. The van der Waals surface area contributed by atoms with Gasteiger partial charge in [0.25, 0.3) is 6.43 Å². The van der Waals surface area contributed by atoms with Crippen LogP contribution >= 0.6 is 27.5 Å². The minimum absolute atomic E-state index is 0.0876. The lowest BCUT2D eigenvalue weighted by Gasteiger charge is -2.06. The third-order valence-corrected chi connectivity index (χ3v) is 5.28. The van der Waals surface area contributed by atoms with Crippen LogP contribution in [0.2, 0.25) is 5.02 Å². The molecule has 0 atom stereocenters. The smallest absolute Gasteiger partial charge is 0.283 e. The number of carbonyl (C=O) groups excluding carboxylic acids is 1. The van der Waals surface area contributed by atoms with Gasteiger partial charge in [0, 0.05) is 22.8 Å². The van der Waals surface area contributed by atoms with E-state index < -0.39 is 23.8 Å². The number of rotatable bonds is 6. The van der Waals surface area contributed by atoms with Crippen LogP contribution in [0.5, 0.6) is 0 Å². The predicted octanol–water partition coefficient (Wildman–Crippen LogP) is 4.57. The van der Waals surface area contributed by atoms with Gasteiger partial charge in [-0.3, -0.25) is 14.2 Å². The summed E-state index contributed by atoms with van der Waals surface area (Å²) in [4.78, 5) is 12.2.